The molecule has 1 atom stereocenters. The van der Waals surface area contributed by atoms with E-state index in [1.807, 2.05) is 0 Å². The van der Waals surface area contributed by atoms with Gasteiger partial charge < -0.3 is 20.5 Å². The predicted octanol–water partition coefficient (Wildman–Crippen LogP) is 1.27. The number of alkyl halides is 2. The molecular formula is C13H18F2N2O3. The van der Waals surface area contributed by atoms with Crippen molar-refractivity contribution in [1.29, 1.82) is 0 Å². The van der Waals surface area contributed by atoms with Crippen molar-refractivity contribution in [1.82, 2.24) is 5.32 Å². The van der Waals surface area contributed by atoms with Crippen molar-refractivity contribution in [3.8, 4) is 5.75 Å². The Morgan fingerprint density at radius 2 is 2.20 bits per heavy atom. The lowest BCUT2D eigenvalue weighted by molar-refractivity contribution is -0.123. The Morgan fingerprint density at radius 1 is 1.45 bits per heavy atom. The van der Waals surface area contributed by atoms with Gasteiger partial charge in [-0.2, -0.15) is 8.78 Å². The highest BCUT2D eigenvalue weighted by atomic mass is 19.3. The number of hydrogen-bond acceptors (Lipinski definition) is 4. The second-order valence-electron chi connectivity index (χ2n) is 4.10. The minimum Gasteiger partial charge on any atom is -0.435 e. The van der Waals surface area contributed by atoms with Gasteiger partial charge in [-0.25, -0.2) is 0 Å². The zero-order valence-electron chi connectivity index (χ0n) is 11.1. The number of amides is 1. The molecule has 7 heteroatoms. The number of carbonyl (C=O) groups excluding carboxylic acids is 1. The minimum absolute atomic E-state index is 0.0588. The van der Waals surface area contributed by atoms with E-state index in [4.69, 9.17) is 10.5 Å². The summed E-state index contributed by atoms with van der Waals surface area (Å²) in [6, 6.07) is 6.16. The van der Waals surface area contributed by atoms with E-state index >= 15 is 0 Å². The molecule has 0 aliphatic heterocycles. The number of nitrogens with two attached hydrogens (primary N) is 1. The number of halogens is 2. The molecule has 1 amide bonds. The van der Waals surface area contributed by atoms with Gasteiger partial charge in [0.15, 0.2) is 0 Å². The van der Waals surface area contributed by atoms with Crippen molar-refractivity contribution >= 4 is 5.91 Å². The number of methoxy groups -OCH3 is 1. The Labute approximate surface area is 116 Å². The molecular weight excluding hydrogens is 270 g/mol. The van der Waals surface area contributed by atoms with Crippen LogP contribution in [0.15, 0.2) is 24.3 Å². The molecule has 1 aromatic carbocycles. The SMILES string of the molecule is COC(CN)CC(=O)NCc1cccc(OC(F)F)c1. The highest BCUT2D eigenvalue weighted by Crippen LogP contribution is 2.15. The summed E-state index contributed by atoms with van der Waals surface area (Å²) >= 11 is 0. The van der Waals surface area contributed by atoms with Gasteiger partial charge in [0, 0.05) is 20.2 Å². The van der Waals surface area contributed by atoms with Gasteiger partial charge in [0.1, 0.15) is 5.75 Å². The first kappa shape index (κ1) is 16.3. The van der Waals surface area contributed by atoms with E-state index in [0.29, 0.717) is 5.56 Å². The molecule has 0 saturated carbocycles. The van der Waals surface area contributed by atoms with E-state index in [9.17, 15) is 13.6 Å². The van der Waals surface area contributed by atoms with Crippen molar-refractivity contribution < 1.29 is 23.0 Å². The molecule has 0 aliphatic carbocycles. The lowest BCUT2D eigenvalue weighted by atomic mass is 10.2. The Bertz CT molecular complexity index is 426. The Hall–Kier alpha value is -1.73. The fourth-order valence-corrected chi connectivity index (χ4v) is 1.57. The van der Waals surface area contributed by atoms with E-state index < -0.39 is 6.61 Å². The monoisotopic (exact) mass is 288 g/mol. The van der Waals surface area contributed by atoms with E-state index in [-0.39, 0.29) is 37.3 Å². The molecule has 112 valence electrons. The molecule has 1 rings (SSSR count). The Balaban J connectivity index is 2.46. The lowest BCUT2D eigenvalue weighted by Gasteiger charge is -2.13. The number of nitrogens with one attached hydrogen (secondary N) is 1. The number of rotatable bonds is 8. The third-order valence-corrected chi connectivity index (χ3v) is 2.62. The third-order valence-electron chi connectivity index (χ3n) is 2.62. The van der Waals surface area contributed by atoms with E-state index in [2.05, 4.69) is 10.1 Å². The van der Waals surface area contributed by atoms with Crippen LogP contribution in [0.1, 0.15) is 12.0 Å². The average Bonchev–Trinajstić information content (AvgIpc) is 2.42. The first-order valence-corrected chi connectivity index (χ1v) is 6.08. The average molecular weight is 288 g/mol. The molecule has 0 fully saturated rings. The molecule has 3 N–H and O–H groups in total. The number of carbonyl (C=O) groups is 1. The highest BCUT2D eigenvalue weighted by molar-refractivity contribution is 5.76. The van der Waals surface area contributed by atoms with E-state index in [0.717, 1.165) is 0 Å². The molecule has 0 saturated heterocycles. The zero-order chi connectivity index (χ0) is 15.0. The van der Waals surface area contributed by atoms with Crippen LogP contribution in [-0.2, 0) is 16.1 Å². The fourth-order valence-electron chi connectivity index (χ4n) is 1.57. The lowest BCUT2D eigenvalue weighted by Crippen LogP contribution is -2.31. The van der Waals surface area contributed by atoms with Crippen LogP contribution in [0, 0.1) is 0 Å². The maximum absolute atomic E-state index is 12.1. The quantitative estimate of drug-likeness (QED) is 0.755. The van der Waals surface area contributed by atoms with Gasteiger partial charge in [0.05, 0.1) is 12.5 Å². The zero-order valence-corrected chi connectivity index (χ0v) is 11.1. The van der Waals surface area contributed by atoms with Crippen molar-refractivity contribution in [2.45, 2.75) is 25.7 Å². The molecule has 1 aromatic rings. The van der Waals surface area contributed by atoms with Gasteiger partial charge >= 0.3 is 6.61 Å². The number of benzene rings is 1. The third kappa shape index (κ3) is 5.94. The van der Waals surface area contributed by atoms with Crippen molar-refractivity contribution in [2.75, 3.05) is 13.7 Å². The van der Waals surface area contributed by atoms with Crippen LogP contribution in [0.4, 0.5) is 8.78 Å². The van der Waals surface area contributed by atoms with Gasteiger partial charge in [-0.15, -0.1) is 0 Å². The van der Waals surface area contributed by atoms with Crippen molar-refractivity contribution in [3.63, 3.8) is 0 Å². The predicted molar refractivity (Wildman–Crippen MR) is 69.4 cm³/mol. The van der Waals surface area contributed by atoms with Crippen LogP contribution >= 0.6 is 0 Å². The first-order valence-electron chi connectivity index (χ1n) is 6.08. The largest absolute Gasteiger partial charge is 0.435 e. The summed E-state index contributed by atoms with van der Waals surface area (Å²) in [5.74, 6) is -0.161. The summed E-state index contributed by atoms with van der Waals surface area (Å²) in [7, 11) is 1.48. The van der Waals surface area contributed by atoms with Crippen LogP contribution in [0.5, 0.6) is 5.75 Å². The van der Waals surface area contributed by atoms with Crippen LogP contribution in [0.2, 0.25) is 0 Å². The highest BCUT2D eigenvalue weighted by Gasteiger charge is 2.11. The molecule has 0 aromatic heterocycles. The van der Waals surface area contributed by atoms with Gasteiger partial charge in [-0.3, -0.25) is 4.79 Å². The van der Waals surface area contributed by atoms with Gasteiger partial charge in [0.2, 0.25) is 5.91 Å². The van der Waals surface area contributed by atoms with Gasteiger partial charge in [-0.05, 0) is 17.7 Å². The summed E-state index contributed by atoms with van der Waals surface area (Å²) in [5, 5.41) is 2.66. The summed E-state index contributed by atoms with van der Waals surface area (Å²) in [6.45, 7) is -2.39. The van der Waals surface area contributed by atoms with E-state index in [1.54, 1.807) is 12.1 Å². The fraction of sp³-hybridized carbons (Fsp3) is 0.462. The molecule has 0 bridgehead atoms. The van der Waals surface area contributed by atoms with Crippen molar-refractivity contribution in [3.05, 3.63) is 29.8 Å². The number of ether oxygens (including phenoxy) is 2. The molecule has 0 radical (unpaired) electrons. The standard InChI is InChI=1S/C13H18F2N2O3/c1-19-11(7-16)6-12(18)17-8-9-3-2-4-10(5-9)20-13(14)15/h2-5,11,13H,6-8,16H2,1H3,(H,17,18). The Morgan fingerprint density at radius 3 is 2.80 bits per heavy atom. The molecule has 0 heterocycles. The maximum atomic E-state index is 12.1. The smallest absolute Gasteiger partial charge is 0.387 e. The van der Waals surface area contributed by atoms with E-state index in [1.165, 1.54) is 19.2 Å². The molecule has 0 aliphatic rings. The van der Waals surface area contributed by atoms with Gasteiger partial charge in [-0.1, -0.05) is 12.1 Å². The molecule has 5 nitrogen and oxygen atoms in total. The summed E-state index contributed by atoms with van der Waals surface area (Å²) in [6.07, 6.45) is -0.177. The van der Waals surface area contributed by atoms with Crippen molar-refractivity contribution in [2.24, 2.45) is 5.73 Å². The molecule has 0 spiro atoms. The summed E-state index contributed by atoms with van der Waals surface area (Å²) in [4.78, 5) is 11.6. The van der Waals surface area contributed by atoms with Gasteiger partial charge in [0.25, 0.3) is 0 Å². The van der Waals surface area contributed by atoms with Crippen LogP contribution < -0.4 is 15.8 Å². The minimum atomic E-state index is -2.87. The maximum Gasteiger partial charge on any atom is 0.387 e. The summed E-state index contributed by atoms with van der Waals surface area (Å²) < 4.78 is 33.4. The molecule has 1 unspecified atom stereocenters. The topological polar surface area (TPSA) is 73.6 Å². The second-order valence-corrected chi connectivity index (χ2v) is 4.10. The second kappa shape index (κ2) is 8.44. The Kier molecular flexibility index (Phi) is 6.89. The van der Waals surface area contributed by atoms with Crippen LogP contribution in [0.25, 0.3) is 0 Å². The van der Waals surface area contributed by atoms with Crippen LogP contribution in [-0.4, -0.2) is 32.3 Å². The summed E-state index contributed by atoms with van der Waals surface area (Å²) in [5.41, 5.74) is 6.08. The van der Waals surface area contributed by atoms with Crippen LogP contribution in [0.3, 0.4) is 0 Å². The normalized spacial score (nSPS) is 12.2. The number of hydrogen-bond donors (Lipinski definition) is 2. The molecule has 20 heavy (non-hydrogen) atoms. The first-order chi connectivity index (χ1) is 9.55.